The Kier molecular flexibility index (Phi) is 7.65. The fourth-order valence-corrected chi connectivity index (χ4v) is 3.17. The minimum absolute atomic E-state index is 0.329. The fourth-order valence-electron chi connectivity index (χ4n) is 3.17. The molecule has 0 spiro atoms. The van der Waals surface area contributed by atoms with E-state index in [0.29, 0.717) is 24.5 Å². The highest BCUT2D eigenvalue weighted by atomic mass is 16.5. The van der Waals surface area contributed by atoms with Gasteiger partial charge in [0.1, 0.15) is 0 Å². The van der Waals surface area contributed by atoms with Crippen LogP contribution >= 0.6 is 0 Å². The van der Waals surface area contributed by atoms with Gasteiger partial charge in [0.2, 0.25) is 0 Å². The highest BCUT2D eigenvalue weighted by molar-refractivity contribution is 5.95. The summed E-state index contributed by atoms with van der Waals surface area (Å²) in [6, 6.07) is 19.4. The maximum Gasteiger partial charge on any atom is 0.331 e. The monoisotopic (exact) mass is 419 g/mol. The van der Waals surface area contributed by atoms with Crippen LogP contribution in [0, 0.1) is 0 Å². The van der Waals surface area contributed by atoms with E-state index in [1.807, 2.05) is 60.7 Å². The van der Waals surface area contributed by atoms with Crippen LogP contribution in [0.1, 0.15) is 11.1 Å². The van der Waals surface area contributed by atoms with Gasteiger partial charge in [-0.25, -0.2) is 4.79 Å². The van der Waals surface area contributed by atoms with Crippen molar-refractivity contribution in [3.05, 3.63) is 77.9 Å². The van der Waals surface area contributed by atoms with Gasteiger partial charge in [-0.1, -0.05) is 48.5 Å². The normalized spacial score (nSPS) is 10.8. The van der Waals surface area contributed by atoms with Crippen molar-refractivity contribution in [2.45, 2.75) is 6.42 Å². The Morgan fingerprint density at radius 3 is 2.52 bits per heavy atom. The predicted octanol–water partition coefficient (Wildman–Crippen LogP) is 3.77. The number of ether oxygens (including phenoxy) is 3. The van der Waals surface area contributed by atoms with E-state index < -0.39 is 5.97 Å². The molecule has 1 N–H and O–H groups in total. The summed E-state index contributed by atoms with van der Waals surface area (Å²) < 4.78 is 15.5. The number of hydrogen-bond donors (Lipinski definition) is 1. The van der Waals surface area contributed by atoms with Crippen LogP contribution in [0.5, 0.6) is 11.5 Å². The first-order valence-corrected chi connectivity index (χ1v) is 9.91. The lowest BCUT2D eigenvalue weighted by molar-refractivity contribution is -0.143. The van der Waals surface area contributed by atoms with E-state index in [2.05, 4.69) is 5.32 Å². The van der Waals surface area contributed by atoms with E-state index in [-0.39, 0.29) is 12.5 Å². The first kappa shape index (κ1) is 21.9. The number of rotatable bonds is 9. The fraction of sp³-hybridized carbons (Fsp3) is 0.200. The number of amides is 1. The molecule has 0 saturated heterocycles. The summed E-state index contributed by atoms with van der Waals surface area (Å²) in [6.07, 6.45) is 3.64. The third kappa shape index (κ3) is 6.09. The lowest BCUT2D eigenvalue weighted by Gasteiger charge is -2.10. The molecule has 0 radical (unpaired) electrons. The van der Waals surface area contributed by atoms with Crippen LogP contribution in [0.15, 0.2) is 66.7 Å². The SMILES string of the molecule is COc1ccc(CCNC(=O)COC(=O)C=Cc2cccc3ccccc23)cc1OC. The minimum atomic E-state index is -0.567. The van der Waals surface area contributed by atoms with E-state index >= 15 is 0 Å². The standard InChI is InChI=1S/C25H25NO5/c1-29-22-12-10-18(16-23(22)30-2)14-15-26-24(27)17-31-25(28)13-11-20-8-5-7-19-6-3-4-9-21(19)20/h3-13,16H,14-15,17H2,1-2H3,(H,26,27). The van der Waals surface area contributed by atoms with Crippen LogP contribution in [0.3, 0.4) is 0 Å². The largest absolute Gasteiger partial charge is 0.493 e. The zero-order valence-electron chi connectivity index (χ0n) is 17.6. The number of carbonyl (C=O) groups excluding carboxylic acids is 2. The minimum Gasteiger partial charge on any atom is -0.493 e. The van der Waals surface area contributed by atoms with Crippen molar-refractivity contribution < 1.29 is 23.8 Å². The number of esters is 1. The molecule has 0 fully saturated rings. The molecule has 0 saturated carbocycles. The maximum atomic E-state index is 12.0. The van der Waals surface area contributed by atoms with E-state index in [1.54, 1.807) is 20.3 Å². The second kappa shape index (κ2) is 10.8. The van der Waals surface area contributed by atoms with Gasteiger partial charge in [0.15, 0.2) is 18.1 Å². The first-order valence-electron chi connectivity index (χ1n) is 9.91. The van der Waals surface area contributed by atoms with Crippen LogP contribution in [-0.4, -0.2) is 39.2 Å². The second-order valence-electron chi connectivity index (χ2n) is 6.80. The molecule has 6 nitrogen and oxygen atoms in total. The van der Waals surface area contributed by atoms with Crippen LogP contribution in [0.4, 0.5) is 0 Å². The molecule has 0 heterocycles. The Bertz CT molecular complexity index is 1080. The number of methoxy groups -OCH3 is 2. The Hall–Kier alpha value is -3.80. The highest BCUT2D eigenvalue weighted by Gasteiger charge is 2.07. The summed E-state index contributed by atoms with van der Waals surface area (Å²) in [5, 5.41) is 4.87. The molecule has 0 atom stereocenters. The van der Waals surface area contributed by atoms with Gasteiger partial charge < -0.3 is 19.5 Å². The second-order valence-corrected chi connectivity index (χ2v) is 6.80. The van der Waals surface area contributed by atoms with Crippen molar-refractivity contribution in [2.75, 3.05) is 27.4 Å². The van der Waals surface area contributed by atoms with Gasteiger partial charge in [0.05, 0.1) is 14.2 Å². The number of hydrogen-bond acceptors (Lipinski definition) is 5. The summed E-state index contributed by atoms with van der Waals surface area (Å²) in [6.45, 7) is 0.0857. The number of benzene rings is 3. The molecule has 0 aromatic heterocycles. The molecule has 31 heavy (non-hydrogen) atoms. The predicted molar refractivity (Wildman–Crippen MR) is 120 cm³/mol. The summed E-state index contributed by atoms with van der Waals surface area (Å²) in [7, 11) is 3.16. The molecule has 0 unspecified atom stereocenters. The molecular weight excluding hydrogens is 394 g/mol. The summed E-state index contributed by atoms with van der Waals surface area (Å²) >= 11 is 0. The summed E-state index contributed by atoms with van der Waals surface area (Å²) in [5.74, 6) is 0.368. The van der Waals surface area contributed by atoms with E-state index in [1.165, 1.54) is 6.08 Å². The molecule has 6 heteroatoms. The Balaban J connectivity index is 1.44. The van der Waals surface area contributed by atoms with Crippen molar-refractivity contribution in [3.8, 4) is 11.5 Å². The van der Waals surface area contributed by atoms with Gasteiger partial charge in [-0.15, -0.1) is 0 Å². The number of nitrogens with one attached hydrogen (secondary N) is 1. The molecule has 0 aliphatic heterocycles. The third-order valence-corrected chi connectivity index (χ3v) is 4.75. The zero-order chi connectivity index (χ0) is 22.1. The Morgan fingerprint density at radius 2 is 1.71 bits per heavy atom. The average Bonchev–Trinajstić information content (AvgIpc) is 2.81. The Morgan fingerprint density at radius 1 is 0.935 bits per heavy atom. The van der Waals surface area contributed by atoms with Crippen molar-refractivity contribution in [1.29, 1.82) is 0 Å². The molecule has 160 valence electrons. The van der Waals surface area contributed by atoms with E-state index in [9.17, 15) is 9.59 Å². The van der Waals surface area contributed by atoms with Crippen molar-refractivity contribution in [2.24, 2.45) is 0 Å². The molecule has 3 rings (SSSR count). The first-order chi connectivity index (χ1) is 15.1. The molecular formula is C25H25NO5. The number of fused-ring (bicyclic) bond motifs is 1. The maximum absolute atomic E-state index is 12.0. The average molecular weight is 419 g/mol. The van der Waals surface area contributed by atoms with Gasteiger partial charge in [0.25, 0.3) is 5.91 Å². The third-order valence-electron chi connectivity index (χ3n) is 4.75. The van der Waals surface area contributed by atoms with Crippen molar-refractivity contribution in [3.63, 3.8) is 0 Å². The smallest absolute Gasteiger partial charge is 0.331 e. The van der Waals surface area contributed by atoms with Gasteiger partial charge in [-0.2, -0.15) is 0 Å². The van der Waals surface area contributed by atoms with Crippen LogP contribution < -0.4 is 14.8 Å². The van der Waals surface area contributed by atoms with Crippen LogP contribution in [-0.2, 0) is 20.7 Å². The Labute approximate surface area is 181 Å². The molecule has 1 amide bonds. The highest BCUT2D eigenvalue weighted by Crippen LogP contribution is 2.27. The van der Waals surface area contributed by atoms with Crippen LogP contribution in [0.2, 0.25) is 0 Å². The topological polar surface area (TPSA) is 73.9 Å². The summed E-state index contributed by atoms with van der Waals surface area (Å²) in [5.41, 5.74) is 1.90. The molecule has 3 aromatic rings. The van der Waals surface area contributed by atoms with E-state index in [0.717, 1.165) is 21.9 Å². The zero-order valence-corrected chi connectivity index (χ0v) is 17.6. The quantitative estimate of drug-likeness (QED) is 0.422. The molecule has 0 bridgehead atoms. The van der Waals surface area contributed by atoms with Crippen molar-refractivity contribution >= 4 is 28.7 Å². The van der Waals surface area contributed by atoms with E-state index in [4.69, 9.17) is 14.2 Å². The molecule has 0 aliphatic rings. The molecule has 3 aromatic carbocycles. The summed E-state index contributed by atoms with van der Waals surface area (Å²) in [4.78, 5) is 23.9. The number of carbonyl (C=O) groups is 2. The van der Waals surface area contributed by atoms with Crippen molar-refractivity contribution in [1.82, 2.24) is 5.32 Å². The van der Waals surface area contributed by atoms with Gasteiger partial charge >= 0.3 is 5.97 Å². The van der Waals surface area contributed by atoms with Gasteiger partial charge in [-0.05, 0) is 46.5 Å². The lowest BCUT2D eigenvalue weighted by Crippen LogP contribution is -2.30. The molecule has 0 aliphatic carbocycles. The van der Waals surface area contributed by atoms with Gasteiger partial charge in [0, 0.05) is 12.6 Å². The van der Waals surface area contributed by atoms with Gasteiger partial charge in [-0.3, -0.25) is 4.79 Å². The van der Waals surface area contributed by atoms with Crippen LogP contribution in [0.25, 0.3) is 16.8 Å². The lowest BCUT2D eigenvalue weighted by atomic mass is 10.0.